The lowest BCUT2D eigenvalue weighted by Crippen LogP contribution is -2.10. The van der Waals surface area contributed by atoms with Gasteiger partial charge in [0.1, 0.15) is 22.7 Å². The monoisotopic (exact) mass is 329 g/mol. The molecular weight excluding hydrogens is 318 g/mol. The first-order chi connectivity index (χ1) is 11.1. The number of aromatic amines is 2. The van der Waals surface area contributed by atoms with Crippen LogP contribution in [0.15, 0.2) is 29.2 Å². The highest BCUT2D eigenvalue weighted by Crippen LogP contribution is 2.29. The molecule has 3 aromatic heterocycles. The molecule has 0 atom stereocenters. The molecule has 23 heavy (non-hydrogen) atoms. The van der Waals surface area contributed by atoms with E-state index in [1.54, 1.807) is 31.1 Å². The zero-order valence-electron chi connectivity index (χ0n) is 12.3. The highest BCUT2D eigenvalue weighted by Gasteiger charge is 2.18. The van der Waals surface area contributed by atoms with Crippen LogP contribution in [0.3, 0.4) is 0 Å². The van der Waals surface area contributed by atoms with Crippen molar-refractivity contribution >= 4 is 33.7 Å². The van der Waals surface area contributed by atoms with Gasteiger partial charge in [0.15, 0.2) is 0 Å². The topological polar surface area (TPSA) is 88.6 Å². The molecule has 4 aromatic rings. The van der Waals surface area contributed by atoms with Gasteiger partial charge in [-0.1, -0.05) is 11.6 Å². The fourth-order valence-electron chi connectivity index (χ4n) is 2.59. The number of nitrogens with zero attached hydrogens (tertiary/aromatic N) is 3. The zero-order chi connectivity index (χ0) is 16.1. The van der Waals surface area contributed by atoms with Crippen molar-refractivity contribution < 1.29 is 4.74 Å². The molecule has 0 unspecified atom stereocenters. The van der Waals surface area contributed by atoms with Gasteiger partial charge in [-0.3, -0.25) is 9.48 Å². The summed E-state index contributed by atoms with van der Waals surface area (Å²) in [5.74, 6) is 1.10. The van der Waals surface area contributed by atoms with E-state index in [1.807, 2.05) is 12.1 Å². The Hall–Kier alpha value is -2.80. The van der Waals surface area contributed by atoms with Crippen molar-refractivity contribution in [2.75, 3.05) is 7.11 Å². The largest absolute Gasteiger partial charge is 0.497 e. The summed E-state index contributed by atoms with van der Waals surface area (Å²) in [7, 11) is 3.36. The van der Waals surface area contributed by atoms with Gasteiger partial charge in [-0.15, -0.1) is 0 Å². The molecule has 4 rings (SSSR count). The van der Waals surface area contributed by atoms with Crippen molar-refractivity contribution in [1.82, 2.24) is 24.7 Å². The second-order valence-corrected chi connectivity index (χ2v) is 5.55. The molecule has 0 saturated heterocycles. The summed E-state index contributed by atoms with van der Waals surface area (Å²) >= 11 is 6.40. The van der Waals surface area contributed by atoms with Crippen LogP contribution in [0.2, 0.25) is 5.02 Å². The van der Waals surface area contributed by atoms with Crippen LogP contribution >= 0.6 is 11.6 Å². The molecule has 0 spiro atoms. The van der Waals surface area contributed by atoms with Crippen molar-refractivity contribution in [2.45, 2.75) is 0 Å². The third kappa shape index (κ3) is 2.08. The predicted molar refractivity (Wildman–Crippen MR) is 88.0 cm³/mol. The highest BCUT2D eigenvalue weighted by atomic mass is 35.5. The molecule has 0 amide bonds. The molecule has 0 saturated carbocycles. The van der Waals surface area contributed by atoms with Gasteiger partial charge in [0, 0.05) is 19.3 Å². The van der Waals surface area contributed by atoms with Crippen LogP contribution in [0, 0.1) is 0 Å². The van der Waals surface area contributed by atoms with Crippen molar-refractivity contribution in [3.8, 4) is 17.1 Å². The highest BCUT2D eigenvalue weighted by molar-refractivity contribution is 6.37. The van der Waals surface area contributed by atoms with Gasteiger partial charge < -0.3 is 14.7 Å². The third-order valence-electron chi connectivity index (χ3n) is 3.66. The Kier molecular flexibility index (Phi) is 2.92. The lowest BCUT2D eigenvalue weighted by molar-refractivity contribution is 0.415. The Bertz CT molecular complexity index is 1110. The quantitative estimate of drug-likeness (QED) is 0.591. The van der Waals surface area contributed by atoms with Gasteiger partial charge in [0.2, 0.25) is 0 Å². The molecule has 0 aliphatic heterocycles. The normalized spacial score (nSPS) is 11.4. The minimum Gasteiger partial charge on any atom is -0.497 e. The molecular formula is C15H12ClN5O2. The third-order valence-corrected chi connectivity index (χ3v) is 4.03. The number of fused-ring (bicyclic) bond motifs is 2. The average molecular weight is 330 g/mol. The van der Waals surface area contributed by atoms with Gasteiger partial charge in [0.25, 0.3) is 5.56 Å². The molecule has 7 nitrogen and oxygen atoms in total. The van der Waals surface area contributed by atoms with E-state index in [9.17, 15) is 4.79 Å². The smallest absolute Gasteiger partial charge is 0.261 e. The minimum atomic E-state index is -0.318. The average Bonchev–Trinajstić information content (AvgIpc) is 3.09. The number of halogens is 1. The Morgan fingerprint density at radius 1 is 1.26 bits per heavy atom. The molecule has 0 aliphatic carbocycles. The van der Waals surface area contributed by atoms with E-state index < -0.39 is 0 Å². The maximum atomic E-state index is 12.4. The Morgan fingerprint density at radius 3 is 2.87 bits per heavy atom. The van der Waals surface area contributed by atoms with Crippen LogP contribution < -0.4 is 10.3 Å². The Balaban J connectivity index is 1.99. The zero-order valence-corrected chi connectivity index (χ0v) is 13.1. The molecule has 0 aliphatic rings. The van der Waals surface area contributed by atoms with E-state index in [-0.39, 0.29) is 16.1 Å². The fraction of sp³-hybridized carbons (Fsp3) is 0.133. The van der Waals surface area contributed by atoms with E-state index in [1.165, 1.54) is 0 Å². The van der Waals surface area contributed by atoms with Crippen LogP contribution in [0.4, 0.5) is 0 Å². The molecule has 1 aromatic carbocycles. The molecule has 3 heterocycles. The second-order valence-electron chi connectivity index (χ2n) is 5.18. The number of hydrogen-bond donors (Lipinski definition) is 2. The first kappa shape index (κ1) is 13.8. The Morgan fingerprint density at radius 2 is 2.09 bits per heavy atom. The number of rotatable bonds is 2. The maximum Gasteiger partial charge on any atom is 0.261 e. The number of H-pyrrole nitrogens is 2. The first-order valence-corrected chi connectivity index (χ1v) is 7.24. The molecule has 8 heteroatoms. The number of pyridine rings is 1. The molecule has 0 radical (unpaired) electrons. The summed E-state index contributed by atoms with van der Waals surface area (Å²) in [6.45, 7) is 0. The SMILES string of the molecule is COc1ccc2nc(-c3c(Cl)c4nn(C)cc4[nH]c3=O)[nH]c2c1. The van der Waals surface area contributed by atoms with Gasteiger partial charge in [0.05, 0.1) is 28.7 Å². The van der Waals surface area contributed by atoms with Gasteiger partial charge in [-0.2, -0.15) is 5.10 Å². The lowest BCUT2D eigenvalue weighted by atomic mass is 10.2. The second kappa shape index (κ2) is 4.85. The summed E-state index contributed by atoms with van der Waals surface area (Å²) in [4.78, 5) is 22.7. The van der Waals surface area contributed by atoms with Crippen LogP contribution in [-0.4, -0.2) is 31.8 Å². The molecule has 0 bridgehead atoms. The van der Waals surface area contributed by atoms with Crippen LogP contribution in [0.1, 0.15) is 0 Å². The molecule has 0 fully saturated rings. The number of aromatic nitrogens is 5. The number of nitrogens with one attached hydrogen (secondary N) is 2. The number of hydrogen-bond acceptors (Lipinski definition) is 4. The van der Waals surface area contributed by atoms with E-state index in [4.69, 9.17) is 16.3 Å². The first-order valence-electron chi connectivity index (χ1n) is 6.86. The van der Waals surface area contributed by atoms with Gasteiger partial charge in [-0.25, -0.2) is 4.98 Å². The summed E-state index contributed by atoms with van der Waals surface area (Å²) < 4.78 is 6.79. The lowest BCUT2D eigenvalue weighted by Gasteiger charge is -2.00. The van der Waals surface area contributed by atoms with E-state index in [0.717, 1.165) is 11.0 Å². The predicted octanol–water partition coefficient (Wildman–Crippen LogP) is 2.47. The number of benzene rings is 1. The minimum absolute atomic E-state index is 0.271. The number of ether oxygens (including phenoxy) is 1. The summed E-state index contributed by atoms with van der Waals surface area (Å²) in [5, 5.41) is 4.55. The van der Waals surface area contributed by atoms with E-state index >= 15 is 0 Å². The van der Waals surface area contributed by atoms with Crippen molar-refractivity contribution in [1.29, 1.82) is 0 Å². The van der Waals surface area contributed by atoms with Crippen molar-refractivity contribution in [3.05, 3.63) is 39.8 Å². The summed E-state index contributed by atoms with van der Waals surface area (Å²) in [6, 6.07) is 5.43. The van der Waals surface area contributed by atoms with Gasteiger partial charge in [-0.05, 0) is 12.1 Å². The maximum absolute atomic E-state index is 12.4. The van der Waals surface area contributed by atoms with Crippen molar-refractivity contribution in [3.63, 3.8) is 0 Å². The molecule has 2 N–H and O–H groups in total. The van der Waals surface area contributed by atoms with E-state index in [2.05, 4.69) is 20.1 Å². The van der Waals surface area contributed by atoms with Gasteiger partial charge >= 0.3 is 0 Å². The fourth-order valence-corrected chi connectivity index (χ4v) is 2.91. The van der Waals surface area contributed by atoms with Crippen LogP contribution in [0.25, 0.3) is 33.5 Å². The Labute approximate surface area is 134 Å². The number of imidazole rings is 1. The number of aryl methyl sites for hydroxylation is 1. The van der Waals surface area contributed by atoms with Crippen molar-refractivity contribution in [2.24, 2.45) is 7.05 Å². The van der Waals surface area contributed by atoms with Crippen LogP contribution in [-0.2, 0) is 7.05 Å². The van der Waals surface area contributed by atoms with Crippen LogP contribution in [0.5, 0.6) is 5.75 Å². The number of methoxy groups -OCH3 is 1. The summed E-state index contributed by atoms with van der Waals surface area (Å²) in [5.41, 5.74) is 2.55. The van der Waals surface area contributed by atoms with E-state index in [0.29, 0.717) is 22.6 Å². The molecule has 116 valence electrons. The standard InChI is InChI=1S/C15H12ClN5O2/c1-21-6-10-13(20-21)12(16)11(15(22)19-10)14-17-8-4-3-7(23-2)5-9(8)18-14/h3-6H,1-2H3,(H,17,18)(H,19,22). The summed E-state index contributed by atoms with van der Waals surface area (Å²) in [6.07, 6.45) is 1.70.